The number of hydrogen-bond donors (Lipinski definition) is 1. The van der Waals surface area contributed by atoms with Gasteiger partial charge in [-0.05, 0) is 49.9 Å². The van der Waals surface area contributed by atoms with E-state index in [2.05, 4.69) is 12.1 Å². The molecule has 2 aromatic carbocycles. The van der Waals surface area contributed by atoms with Crippen molar-refractivity contribution in [3.8, 4) is 11.1 Å². The Morgan fingerprint density at radius 2 is 1.56 bits per heavy atom. The molecule has 0 aromatic heterocycles. The molecule has 1 aliphatic carbocycles. The van der Waals surface area contributed by atoms with Crippen molar-refractivity contribution in [2.75, 3.05) is 19.7 Å². The van der Waals surface area contributed by atoms with Crippen LogP contribution in [0.25, 0.3) is 11.1 Å². The number of aliphatic carboxylic acids is 1. The standard InChI is InChI=1S/C26H30N2O6/c1-16(23(29)30)28(17-13-27(14-17)24(31)34-26(2,3)4)25(32)33-15-22-20-11-7-5-9-18(20)19-10-6-8-12-21(19)22/h5-12,16-17,22H,13-15H2,1-4H3,(H,29,30). The molecule has 2 amide bonds. The summed E-state index contributed by atoms with van der Waals surface area (Å²) < 4.78 is 11.1. The molecule has 0 spiro atoms. The summed E-state index contributed by atoms with van der Waals surface area (Å²) in [5, 5.41) is 9.58. The predicted molar refractivity (Wildman–Crippen MR) is 126 cm³/mol. The average Bonchev–Trinajstić information content (AvgIpc) is 3.06. The van der Waals surface area contributed by atoms with Gasteiger partial charge in [-0.1, -0.05) is 48.5 Å². The van der Waals surface area contributed by atoms with E-state index in [0.29, 0.717) is 0 Å². The van der Waals surface area contributed by atoms with Gasteiger partial charge in [0.05, 0.1) is 6.04 Å². The molecule has 8 heteroatoms. The largest absolute Gasteiger partial charge is 0.480 e. The second-order valence-corrected chi connectivity index (χ2v) is 9.76. The van der Waals surface area contributed by atoms with Crippen molar-refractivity contribution in [1.82, 2.24) is 9.80 Å². The van der Waals surface area contributed by atoms with Gasteiger partial charge in [0.2, 0.25) is 0 Å². The molecule has 1 heterocycles. The van der Waals surface area contributed by atoms with E-state index in [1.807, 2.05) is 36.4 Å². The maximum absolute atomic E-state index is 13.1. The maximum atomic E-state index is 13.1. The first-order valence-corrected chi connectivity index (χ1v) is 11.4. The van der Waals surface area contributed by atoms with E-state index in [1.54, 1.807) is 20.8 Å². The van der Waals surface area contributed by atoms with Crippen molar-refractivity contribution in [3.05, 3.63) is 59.7 Å². The number of hydrogen-bond acceptors (Lipinski definition) is 5. The number of likely N-dealkylation sites (tertiary alicyclic amines) is 1. The van der Waals surface area contributed by atoms with E-state index in [0.717, 1.165) is 22.3 Å². The summed E-state index contributed by atoms with van der Waals surface area (Å²) in [5.74, 6) is -1.26. The van der Waals surface area contributed by atoms with E-state index in [4.69, 9.17) is 9.47 Å². The molecule has 1 saturated heterocycles. The zero-order chi connectivity index (χ0) is 24.6. The third kappa shape index (κ3) is 4.58. The van der Waals surface area contributed by atoms with E-state index in [1.165, 1.54) is 16.7 Å². The highest BCUT2D eigenvalue weighted by Gasteiger charge is 2.43. The van der Waals surface area contributed by atoms with E-state index in [-0.39, 0.29) is 25.6 Å². The molecular weight excluding hydrogens is 436 g/mol. The molecule has 1 unspecified atom stereocenters. The number of amides is 2. The van der Waals surface area contributed by atoms with E-state index in [9.17, 15) is 19.5 Å². The number of carbonyl (C=O) groups is 3. The Morgan fingerprint density at radius 3 is 2.06 bits per heavy atom. The van der Waals surface area contributed by atoms with Crippen LogP contribution in [0, 0.1) is 0 Å². The molecule has 1 aliphatic heterocycles. The summed E-state index contributed by atoms with van der Waals surface area (Å²) in [4.78, 5) is 39.8. The molecule has 1 atom stereocenters. The van der Waals surface area contributed by atoms with Crippen LogP contribution in [0.2, 0.25) is 0 Å². The fourth-order valence-corrected chi connectivity index (χ4v) is 4.52. The van der Waals surface area contributed by atoms with Crippen molar-refractivity contribution in [2.24, 2.45) is 0 Å². The number of carboxylic acid groups (broad SMARTS) is 1. The normalized spacial score (nSPS) is 16.2. The Hall–Kier alpha value is -3.55. The fraction of sp³-hybridized carbons (Fsp3) is 0.423. The van der Waals surface area contributed by atoms with Gasteiger partial charge in [-0.25, -0.2) is 14.4 Å². The van der Waals surface area contributed by atoms with Crippen LogP contribution in [-0.2, 0) is 14.3 Å². The van der Waals surface area contributed by atoms with Gasteiger partial charge in [0.1, 0.15) is 18.2 Å². The number of benzene rings is 2. The van der Waals surface area contributed by atoms with Crippen LogP contribution in [0.3, 0.4) is 0 Å². The zero-order valence-electron chi connectivity index (χ0n) is 19.9. The number of ether oxygens (including phenoxy) is 2. The Labute approximate surface area is 199 Å². The minimum atomic E-state index is -1.13. The smallest absolute Gasteiger partial charge is 0.410 e. The van der Waals surface area contributed by atoms with Crippen LogP contribution in [0.1, 0.15) is 44.7 Å². The van der Waals surface area contributed by atoms with Gasteiger partial charge in [0.25, 0.3) is 0 Å². The highest BCUT2D eigenvalue weighted by atomic mass is 16.6. The summed E-state index contributed by atoms with van der Waals surface area (Å²) in [5.41, 5.74) is 3.75. The van der Waals surface area contributed by atoms with Crippen LogP contribution in [0.4, 0.5) is 9.59 Å². The molecule has 34 heavy (non-hydrogen) atoms. The first-order chi connectivity index (χ1) is 16.1. The summed E-state index contributed by atoms with van der Waals surface area (Å²) in [7, 11) is 0. The second kappa shape index (κ2) is 9.00. The Morgan fingerprint density at radius 1 is 1.03 bits per heavy atom. The molecule has 180 valence electrons. The molecule has 2 aromatic rings. The number of fused-ring (bicyclic) bond motifs is 3. The SMILES string of the molecule is CC(C(=O)O)N(C(=O)OCC1c2ccccc2-c2ccccc21)C1CN(C(=O)OC(C)(C)C)C1. The Balaban J connectivity index is 1.46. The topological polar surface area (TPSA) is 96.4 Å². The molecule has 2 aliphatic rings. The van der Waals surface area contributed by atoms with Crippen molar-refractivity contribution in [1.29, 1.82) is 0 Å². The lowest BCUT2D eigenvalue weighted by molar-refractivity contribution is -0.144. The molecule has 0 saturated carbocycles. The van der Waals surface area contributed by atoms with Gasteiger partial charge in [-0.15, -0.1) is 0 Å². The quantitative estimate of drug-likeness (QED) is 0.705. The van der Waals surface area contributed by atoms with Crippen LogP contribution < -0.4 is 0 Å². The highest BCUT2D eigenvalue weighted by molar-refractivity contribution is 5.81. The summed E-state index contributed by atoms with van der Waals surface area (Å²) in [6.07, 6.45) is -1.19. The molecule has 4 rings (SSSR count). The lowest BCUT2D eigenvalue weighted by Crippen LogP contribution is -2.65. The van der Waals surface area contributed by atoms with Gasteiger partial charge >= 0.3 is 18.2 Å². The zero-order valence-corrected chi connectivity index (χ0v) is 19.9. The number of rotatable bonds is 5. The molecule has 0 bridgehead atoms. The first kappa shape index (κ1) is 23.6. The summed E-state index contributed by atoms with van der Waals surface area (Å²) >= 11 is 0. The van der Waals surface area contributed by atoms with Crippen molar-refractivity contribution in [3.63, 3.8) is 0 Å². The average molecular weight is 467 g/mol. The molecular formula is C26H30N2O6. The second-order valence-electron chi connectivity index (χ2n) is 9.76. The highest BCUT2D eigenvalue weighted by Crippen LogP contribution is 2.44. The van der Waals surface area contributed by atoms with E-state index < -0.39 is 35.8 Å². The third-order valence-corrected chi connectivity index (χ3v) is 6.23. The van der Waals surface area contributed by atoms with Crippen molar-refractivity contribution < 1.29 is 29.0 Å². The Bertz CT molecular complexity index is 1060. The van der Waals surface area contributed by atoms with Crippen LogP contribution in [-0.4, -0.2) is 70.4 Å². The van der Waals surface area contributed by atoms with Crippen molar-refractivity contribution >= 4 is 18.2 Å². The van der Waals surface area contributed by atoms with Crippen LogP contribution in [0.15, 0.2) is 48.5 Å². The third-order valence-electron chi connectivity index (χ3n) is 6.23. The fourth-order valence-electron chi connectivity index (χ4n) is 4.52. The molecule has 1 N–H and O–H groups in total. The minimum Gasteiger partial charge on any atom is -0.480 e. The van der Waals surface area contributed by atoms with Gasteiger partial charge in [-0.3, -0.25) is 4.90 Å². The van der Waals surface area contributed by atoms with Gasteiger partial charge in [0, 0.05) is 19.0 Å². The lowest BCUT2D eigenvalue weighted by atomic mass is 9.98. The lowest BCUT2D eigenvalue weighted by Gasteiger charge is -2.45. The van der Waals surface area contributed by atoms with Gasteiger partial charge < -0.3 is 19.5 Å². The molecule has 0 radical (unpaired) electrons. The number of carbonyl (C=O) groups excluding carboxylic acids is 2. The first-order valence-electron chi connectivity index (χ1n) is 11.4. The predicted octanol–water partition coefficient (Wildman–Crippen LogP) is 4.33. The number of nitrogens with zero attached hydrogens (tertiary/aromatic N) is 2. The summed E-state index contributed by atoms with van der Waals surface area (Å²) in [6.45, 7) is 7.25. The van der Waals surface area contributed by atoms with E-state index >= 15 is 0 Å². The molecule has 1 fully saturated rings. The maximum Gasteiger partial charge on any atom is 0.410 e. The monoisotopic (exact) mass is 466 g/mol. The van der Waals surface area contributed by atoms with Crippen LogP contribution >= 0.6 is 0 Å². The Kier molecular flexibility index (Phi) is 6.25. The summed E-state index contributed by atoms with van der Waals surface area (Å²) in [6, 6.07) is 14.5. The molecule has 8 nitrogen and oxygen atoms in total. The van der Waals surface area contributed by atoms with Crippen molar-refractivity contribution in [2.45, 2.75) is 51.3 Å². The van der Waals surface area contributed by atoms with Crippen LogP contribution in [0.5, 0.6) is 0 Å². The van der Waals surface area contributed by atoms with Gasteiger partial charge in [-0.2, -0.15) is 0 Å². The number of carboxylic acids is 1. The van der Waals surface area contributed by atoms with Gasteiger partial charge in [0.15, 0.2) is 0 Å². The minimum absolute atomic E-state index is 0.0954.